The Morgan fingerprint density at radius 1 is 0.960 bits per heavy atom. The number of aryl methyl sites for hydroxylation is 1. The number of hydrogen-bond acceptors (Lipinski definition) is 2. The normalized spacial score (nSPS) is 11.0. The van der Waals surface area contributed by atoms with Crippen molar-refractivity contribution < 1.29 is 14.6 Å². The molecular weight excluding hydrogens is 312 g/mol. The topological polar surface area (TPSA) is 46.5 Å². The molecule has 0 saturated heterocycles. The van der Waals surface area contributed by atoms with Crippen molar-refractivity contribution in [2.24, 2.45) is 0 Å². The van der Waals surface area contributed by atoms with Crippen molar-refractivity contribution in [3.8, 4) is 5.75 Å². The monoisotopic (exact) mass is 332 g/mol. The number of carboxylic acids is 1. The second-order valence-corrected chi connectivity index (χ2v) is 5.81. The number of hydrogen-bond donors (Lipinski definition) is 1. The molecule has 3 aromatic carbocycles. The van der Waals surface area contributed by atoms with E-state index >= 15 is 0 Å². The summed E-state index contributed by atoms with van der Waals surface area (Å²) in [7, 11) is 0. The van der Waals surface area contributed by atoms with Crippen LogP contribution in [-0.4, -0.2) is 17.7 Å². The van der Waals surface area contributed by atoms with Crippen LogP contribution < -0.4 is 4.74 Å². The number of ether oxygens (including phenoxy) is 1. The van der Waals surface area contributed by atoms with E-state index in [0.29, 0.717) is 12.4 Å². The van der Waals surface area contributed by atoms with E-state index in [4.69, 9.17) is 9.84 Å². The molecule has 0 spiro atoms. The van der Waals surface area contributed by atoms with Crippen LogP contribution in [0.2, 0.25) is 0 Å². The van der Waals surface area contributed by atoms with Crippen LogP contribution in [-0.2, 0) is 11.2 Å². The molecule has 0 aromatic heterocycles. The fraction of sp³-hybridized carbons (Fsp3) is 0.136. The number of rotatable bonds is 7. The summed E-state index contributed by atoms with van der Waals surface area (Å²) in [6, 6.07) is 22.1. The second-order valence-electron chi connectivity index (χ2n) is 5.81. The van der Waals surface area contributed by atoms with Crippen molar-refractivity contribution in [2.45, 2.75) is 12.8 Å². The minimum Gasteiger partial charge on any atom is -0.493 e. The molecule has 0 bridgehead atoms. The first-order valence-corrected chi connectivity index (χ1v) is 8.33. The summed E-state index contributed by atoms with van der Waals surface area (Å²) >= 11 is 0. The summed E-state index contributed by atoms with van der Waals surface area (Å²) in [5, 5.41) is 11.0. The van der Waals surface area contributed by atoms with Gasteiger partial charge in [0.1, 0.15) is 5.75 Å². The average Bonchev–Trinajstić information content (AvgIpc) is 2.64. The number of fused-ring (bicyclic) bond motifs is 1. The third-order valence-corrected chi connectivity index (χ3v) is 4.03. The van der Waals surface area contributed by atoms with E-state index in [9.17, 15) is 4.79 Å². The first-order valence-electron chi connectivity index (χ1n) is 8.33. The molecule has 0 aliphatic heterocycles. The molecule has 1 N–H and O–H groups in total. The molecule has 0 heterocycles. The molecule has 0 aliphatic rings. The zero-order chi connectivity index (χ0) is 17.5. The molecule has 3 heteroatoms. The fourth-order valence-electron chi connectivity index (χ4n) is 2.83. The highest BCUT2D eigenvalue weighted by Crippen LogP contribution is 2.29. The Balaban J connectivity index is 1.75. The van der Waals surface area contributed by atoms with Crippen molar-refractivity contribution in [1.82, 2.24) is 0 Å². The van der Waals surface area contributed by atoms with Crippen molar-refractivity contribution >= 4 is 22.8 Å². The van der Waals surface area contributed by atoms with E-state index in [1.807, 2.05) is 54.6 Å². The van der Waals surface area contributed by atoms with Crippen LogP contribution in [0.3, 0.4) is 0 Å². The van der Waals surface area contributed by atoms with Crippen LogP contribution in [0, 0.1) is 0 Å². The van der Waals surface area contributed by atoms with Gasteiger partial charge >= 0.3 is 5.97 Å². The largest absolute Gasteiger partial charge is 0.493 e. The van der Waals surface area contributed by atoms with E-state index in [2.05, 4.69) is 12.1 Å². The van der Waals surface area contributed by atoms with Gasteiger partial charge in [-0.15, -0.1) is 0 Å². The lowest BCUT2D eigenvalue weighted by atomic mass is 10.0. The standard InChI is InChI=1S/C22H20O3/c23-22(24)15-13-20-19-11-5-4-10-18(19)12-14-21(20)25-16-6-9-17-7-2-1-3-8-17/h1-5,7-8,10-15H,6,9,16H2,(H,23,24)/b15-13+. The smallest absolute Gasteiger partial charge is 0.328 e. The predicted octanol–water partition coefficient (Wildman–Crippen LogP) is 4.95. The highest BCUT2D eigenvalue weighted by molar-refractivity contribution is 5.96. The van der Waals surface area contributed by atoms with Crippen LogP contribution in [0.25, 0.3) is 16.8 Å². The van der Waals surface area contributed by atoms with Crippen LogP contribution >= 0.6 is 0 Å². The Kier molecular flexibility index (Phi) is 5.47. The van der Waals surface area contributed by atoms with Gasteiger partial charge in [0.15, 0.2) is 0 Å². The summed E-state index contributed by atoms with van der Waals surface area (Å²) in [4.78, 5) is 10.9. The number of aliphatic carboxylic acids is 1. The third-order valence-electron chi connectivity index (χ3n) is 4.03. The van der Waals surface area contributed by atoms with Gasteiger partial charge < -0.3 is 9.84 Å². The third kappa shape index (κ3) is 4.48. The van der Waals surface area contributed by atoms with Gasteiger partial charge in [0.25, 0.3) is 0 Å². The molecular formula is C22H20O3. The molecule has 0 fully saturated rings. The Morgan fingerprint density at radius 2 is 1.72 bits per heavy atom. The maximum Gasteiger partial charge on any atom is 0.328 e. The summed E-state index contributed by atoms with van der Waals surface area (Å²) in [6.07, 6.45) is 4.61. The van der Waals surface area contributed by atoms with Gasteiger partial charge in [-0.25, -0.2) is 4.79 Å². The van der Waals surface area contributed by atoms with E-state index in [0.717, 1.165) is 35.3 Å². The summed E-state index contributed by atoms with van der Waals surface area (Å²) in [6.45, 7) is 0.584. The first-order chi connectivity index (χ1) is 12.2. The summed E-state index contributed by atoms with van der Waals surface area (Å²) in [5.41, 5.74) is 2.09. The van der Waals surface area contributed by atoms with Crippen LogP contribution in [0.15, 0.2) is 72.8 Å². The van der Waals surface area contributed by atoms with Gasteiger partial charge in [-0.2, -0.15) is 0 Å². The molecule has 126 valence electrons. The number of carboxylic acid groups (broad SMARTS) is 1. The Hall–Kier alpha value is -3.07. The molecule has 0 saturated carbocycles. The highest BCUT2D eigenvalue weighted by Gasteiger charge is 2.07. The lowest BCUT2D eigenvalue weighted by molar-refractivity contribution is -0.131. The van der Waals surface area contributed by atoms with Crippen molar-refractivity contribution in [1.29, 1.82) is 0 Å². The quantitative estimate of drug-likeness (QED) is 0.492. The van der Waals surface area contributed by atoms with Gasteiger partial charge in [-0.3, -0.25) is 0 Å². The SMILES string of the molecule is O=C(O)/C=C/c1c(OCCCc2ccccc2)ccc2ccccc12. The molecule has 0 amide bonds. The lowest BCUT2D eigenvalue weighted by Gasteiger charge is -2.12. The minimum absolute atomic E-state index is 0.584. The van der Waals surface area contributed by atoms with Crippen molar-refractivity contribution in [2.75, 3.05) is 6.61 Å². The molecule has 0 aliphatic carbocycles. The van der Waals surface area contributed by atoms with Gasteiger partial charge in [-0.1, -0.05) is 60.7 Å². The van der Waals surface area contributed by atoms with E-state index in [-0.39, 0.29) is 0 Å². The summed E-state index contributed by atoms with van der Waals surface area (Å²) < 4.78 is 5.96. The average molecular weight is 332 g/mol. The van der Waals surface area contributed by atoms with E-state index in [1.54, 1.807) is 6.08 Å². The molecule has 3 aromatic rings. The van der Waals surface area contributed by atoms with Crippen LogP contribution in [0.5, 0.6) is 5.75 Å². The lowest BCUT2D eigenvalue weighted by Crippen LogP contribution is -2.01. The van der Waals surface area contributed by atoms with Crippen molar-refractivity contribution in [3.63, 3.8) is 0 Å². The minimum atomic E-state index is -0.969. The zero-order valence-corrected chi connectivity index (χ0v) is 13.9. The second kappa shape index (κ2) is 8.15. The van der Waals surface area contributed by atoms with E-state index in [1.165, 1.54) is 5.56 Å². The fourth-order valence-corrected chi connectivity index (χ4v) is 2.83. The Labute approximate surface area is 147 Å². The van der Waals surface area contributed by atoms with Crippen molar-refractivity contribution in [3.05, 3.63) is 83.9 Å². The number of benzene rings is 3. The van der Waals surface area contributed by atoms with Crippen LogP contribution in [0.4, 0.5) is 0 Å². The van der Waals surface area contributed by atoms with Gasteiger partial charge in [0, 0.05) is 11.6 Å². The van der Waals surface area contributed by atoms with Gasteiger partial charge in [0.05, 0.1) is 6.61 Å². The molecule has 3 rings (SSSR count). The maximum atomic E-state index is 10.9. The number of carbonyl (C=O) groups is 1. The Morgan fingerprint density at radius 3 is 2.52 bits per heavy atom. The van der Waals surface area contributed by atoms with E-state index < -0.39 is 5.97 Å². The molecule has 0 radical (unpaired) electrons. The molecule has 25 heavy (non-hydrogen) atoms. The summed E-state index contributed by atoms with van der Waals surface area (Å²) in [5.74, 6) is -0.257. The highest BCUT2D eigenvalue weighted by atomic mass is 16.5. The maximum absolute atomic E-state index is 10.9. The molecule has 0 unspecified atom stereocenters. The predicted molar refractivity (Wildman–Crippen MR) is 101 cm³/mol. The molecule has 3 nitrogen and oxygen atoms in total. The van der Waals surface area contributed by atoms with Crippen LogP contribution in [0.1, 0.15) is 17.5 Å². The first kappa shape index (κ1) is 16.8. The van der Waals surface area contributed by atoms with Gasteiger partial charge in [-0.05, 0) is 41.3 Å². The Bertz CT molecular complexity index is 882. The van der Waals surface area contributed by atoms with Gasteiger partial charge in [0.2, 0.25) is 0 Å². The molecule has 0 atom stereocenters. The zero-order valence-electron chi connectivity index (χ0n) is 13.9.